The summed E-state index contributed by atoms with van der Waals surface area (Å²) in [5.74, 6) is 2.51. The molecule has 0 spiro atoms. The average Bonchev–Trinajstić information content (AvgIpc) is 3.22. The van der Waals surface area contributed by atoms with E-state index in [-0.39, 0.29) is 5.41 Å². The van der Waals surface area contributed by atoms with Crippen LogP contribution in [0.2, 0.25) is 0 Å². The molecular weight excluding hydrogens is 366 g/mol. The van der Waals surface area contributed by atoms with Crippen molar-refractivity contribution in [3.63, 3.8) is 0 Å². The Labute approximate surface area is 161 Å². The standard InChI is InChI=1S/C18H24F2N8/c1-18(2,3)16-24-23-13-4-5-14(25-28(13)16)26-10-12(11-26)8-21-9-15-22-6-7-27(15)17(19)20/h4-7,12,17,21H,8-11H2,1-3H3. The minimum Gasteiger partial charge on any atom is -0.354 e. The minimum atomic E-state index is -2.56. The van der Waals surface area contributed by atoms with Crippen LogP contribution in [0, 0.1) is 5.92 Å². The van der Waals surface area contributed by atoms with Crippen molar-refractivity contribution in [3.05, 3.63) is 36.2 Å². The molecule has 0 atom stereocenters. The monoisotopic (exact) mass is 390 g/mol. The van der Waals surface area contributed by atoms with E-state index in [0.717, 1.165) is 41.5 Å². The average molecular weight is 390 g/mol. The Morgan fingerprint density at radius 1 is 1.21 bits per heavy atom. The Kier molecular flexibility index (Phi) is 4.74. The van der Waals surface area contributed by atoms with Gasteiger partial charge in [0.15, 0.2) is 11.5 Å². The van der Waals surface area contributed by atoms with E-state index >= 15 is 0 Å². The van der Waals surface area contributed by atoms with Crippen LogP contribution in [0.15, 0.2) is 24.5 Å². The topological polar surface area (TPSA) is 76.2 Å². The van der Waals surface area contributed by atoms with Gasteiger partial charge in [-0.05, 0) is 12.1 Å². The lowest BCUT2D eigenvalue weighted by molar-refractivity contribution is 0.0665. The van der Waals surface area contributed by atoms with Gasteiger partial charge in [0.25, 0.3) is 0 Å². The van der Waals surface area contributed by atoms with Crippen molar-refractivity contribution in [2.75, 3.05) is 24.5 Å². The minimum absolute atomic E-state index is 0.142. The predicted molar refractivity (Wildman–Crippen MR) is 100 cm³/mol. The molecule has 3 aromatic rings. The fraction of sp³-hybridized carbons (Fsp3) is 0.556. The molecule has 4 rings (SSSR count). The van der Waals surface area contributed by atoms with Crippen LogP contribution in [0.5, 0.6) is 0 Å². The molecule has 28 heavy (non-hydrogen) atoms. The first-order chi connectivity index (χ1) is 13.3. The van der Waals surface area contributed by atoms with Crippen LogP contribution in [0.4, 0.5) is 14.6 Å². The van der Waals surface area contributed by atoms with Crippen LogP contribution in [0.3, 0.4) is 0 Å². The van der Waals surface area contributed by atoms with Gasteiger partial charge in [0.2, 0.25) is 0 Å². The van der Waals surface area contributed by atoms with E-state index in [1.54, 1.807) is 0 Å². The quantitative estimate of drug-likeness (QED) is 0.696. The molecule has 1 aliphatic rings. The summed E-state index contributed by atoms with van der Waals surface area (Å²) in [6.45, 7) is 6.49. The summed E-state index contributed by atoms with van der Waals surface area (Å²) in [5.41, 5.74) is 0.595. The summed E-state index contributed by atoms with van der Waals surface area (Å²) in [6.07, 6.45) is 2.69. The molecule has 4 heterocycles. The van der Waals surface area contributed by atoms with Crippen LogP contribution < -0.4 is 10.2 Å². The molecule has 0 aliphatic carbocycles. The van der Waals surface area contributed by atoms with Crippen molar-refractivity contribution in [2.24, 2.45) is 5.92 Å². The molecule has 1 aliphatic heterocycles. The van der Waals surface area contributed by atoms with Gasteiger partial charge in [-0.3, -0.25) is 4.57 Å². The second kappa shape index (κ2) is 7.08. The molecule has 10 heteroatoms. The number of hydrogen-bond acceptors (Lipinski definition) is 6. The lowest BCUT2D eigenvalue weighted by Gasteiger charge is -2.40. The molecular formula is C18H24F2N8. The van der Waals surface area contributed by atoms with Crippen LogP contribution in [0.1, 0.15) is 39.0 Å². The number of hydrogen-bond donors (Lipinski definition) is 1. The summed E-state index contributed by atoms with van der Waals surface area (Å²) >= 11 is 0. The second-order valence-corrected chi connectivity index (χ2v) is 8.17. The summed E-state index contributed by atoms with van der Waals surface area (Å²) in [6, 6.07) is 3.89. The van der Waals surface area contributed by atoms with Gasteiger partial charge >= 0.3 is 6.55 Å². The summed E-state index contributed by atoms with van der Waals surface area (Å²) in [7, 11) is 0. The first-order valence-corrected chi connectivity index (χ1v) is 9.31. The number of fused-ring (bicyclic) bond motifs is 1. The summed E-state index contributed by atoms with van der Waals surface area (Å²) in [4.78, 5) is 6.17. The molecule has 0 unspecified atom stereocenters. The van der Waals surface area contributed by atoms with E-state index < -0.39 is 6.55 Å². The number of alkyl halides is 2. The number of rotatable bonds is 6. The van der Waals surface area contributed by atoms with Crippen molar-refractivity contribution >= 4 is 11.5 Å². The zero-order valence-electron chi connectivity index (χ0n) is 16.2. The number of nitrogens with one attached hydrogen (secondary N) is 1. The smallest absolute Gasteiger partial charge is 0.319 e. The van der Waals surface area contributed by atoms with Gasteiger partial charge in [-0.2, -0.15) is 13.3 Å². The molecule has 1 saturated heterocycles. The summed E-state index contributed by atoms with van der Waals surface area (Å²) in [5, 5.41) is 16.4. The van der Waals surface area contributed by atoms with Crippen molar-refractivity contribution in [3.8, 4) is 0 Å². The van der Waals surface area contributed by atoms with Crippen LogP contribution in [0.25, 0.3) is 5.65 Å². The largest absolute Gasteiger partial charge is 0.354 e. The highest BCUT2D eigenvalue weighted by Crippen LogP contribution is 2.25. The van der Waals surface area contributed by atoms with E-state index in [0.29, 0.717) is 18.3 Å². The fourth-order valence-corrected chi connectivity index (χ4v) is 3.35. The second-order valence-electron chi connectivity index (χ2n) is 8.17. The van der Waals surface area contributed by atoms with E-state index in [2.05, 4.69) is 46.2 Å². The number of anilines is 1. The van der Waals surface area contributed by atoms with Gasteiger partial charge in [0, 0.05) is 43.4 Å². The maximum atomic E-state index is 12.8. The van der Waals surface area contributed by atoms with Crippen molar-refractivity contribution in [2.45, 2.75) is 39.3 Å². The molecule has 0 aromatic carbocycles. The molecule has 8 nitrogen and oxygen atoms in total. The highest BCUT2D eigenvalue weighted by atomic mass is 19.3. The van der Waals surface area contributed by atoms with E-state index in [1.807, 2.05) is 16.6 Å². The number of imidazole rings is 1. The van der Waals surface area contributed by atoms with E-state index in [4.69, 9.17) is 5.10 Å². The maximum Gasteiger partial charge on any atom is 0.319 e. The van der Waals surface area contributed by atoms with Gasteiger partial charge in [-0.15, -0.1) is 15.3 Å². The molecule has 3 aromatic heterocycles. The van der Waals surface area contributed by atoms with Gasteiger partial charge in [0.05, 0.1) is 6.54 Å². The number of halogens is 2. The molecule has 0 bridgehead atoms. The van der Waals surface area contributed by atoms with Crippen molar-refractivity contribution in [1.29, 1.82) is 0 Å². The Hall–Kier alpha value is -2.62. The Bertz CT molecular complexity index is 952. The van der Waals surface area contributed by atoms with Gasteiger partial charge < -0.3 is 10.2 Å². The van der Waals surface area contributed by atoms with Crippen LogP contribution in [-0.2, 0) is 12.0 Å². The van der Waals surface area contributed by atoms with Gasteiger partial charge in [-0.25, -0.2) is 4.98 Å². The first kappa shape index (κ1) is 18.7. The molecule has 0 saturated carbocycles. The maximum absolute atomic E-state index is 12.8. The SMILES string of the molecule is CC(C)(C)c1nnc2ccc(N3CC(CNCc4nccn4C(F)F)C3)nn12. The van der Waals surface area contributed by atoms with Crippen molar-refractivity contribution < 1.29 is 8.78 Å². The molecule has 150 valence electrons. The van der Waals surface area contributed by atoms with E-state index in [9.17, 15) is 8.78 Å². The van der Waals surface area contributed by atoms with Crippen LogP contribution in [-0.4, -0.2) is 49.0 Å². The van der Waals surface area contributed by atoms with Gasteiger partial charge in [-0.1, -0.05) is 20.8 Å². The summed E-state index contributed by atoms with van der Waals surface area (Å²) < 4.78 is 28.3. The zero-order chi connectivity index (χ0) is 19.9. The third-order valence-electron chi connectivity index (χ3n) is 4.88. The Morgan fingerprint density at radius 3 is 2.71 bits per heavy atom. The normalized spacial score (nSPS) is 15.6. The predicted octanol–water partition coefficient (Wildman–Crippen LogP) is 2.24. The lowest BCUT2D eigenvalue weighted by Crippen LogP contribution is -2.51. The van der Waals surface area contributed by atoms with Gasteiger partial charge in [0.1, 0.15) is 11.6 Å². The van der Waals surface area contributed by atoms with Crippen LogP contribution >= 0.6 is 0 Å². The molecule has 1 fully saturated rings. The highest BCUT2D eigenvalue weighted by Gasteiger charge is 2.29. The van der Waals surface area contributed by atoms with E-state index in [1.165, 1.54) is 12.4 Å². The Balaban J connectivity index is 1.33. The third-order valence-corrected chi connectivity index (χ3v) is 4.88. The number of nitrogens with zero attached hydrogens (tertiary/aromatic N) is 7. The third kappa shape index (κ3) is 3.56. The molecule has 0 amide bonds. The van der Waals surface area contributed by atoms with Crippen molar-refractivity contribution in [1.82, 2.24) is 34.7 Å². The molecule has 1 N–H and O–H groups in total. The fourth-order valence-electron chi connectivity index (χ4n) is 3.35. The lowest BCUT2D eigenvalue weighted by atomic mass is 9.96. The zero-order valence-corrected chi connectivity index (χ0v) is 16.2. The molecule has 0 radical (unpaired) electrons. The number of aromatic nitrogens is 6. The highest BCUT2D eigenvalue weighted by molar-refractivity contribution is 5.47. The Morgan fingerprint density at radius 2 is 2.00 bits per heavy atom. The first-order valence-electron chi connectivity index (χ1n) is 9.31.